The van der Waals surface area contributed by atoms with E-state index >= 15 is 0 Å². The second kappa shape index (κ2) is 5.24. The van der Waals surface area contributed by atoms with Gasteiger partial charge in [-0.15, -0.1) is 0 Å². The maximum atomic E-state index is 6.58. The predicted octanol–water partition coefficient (Wildman–Crippen LogP) is 4.75. The third kappa shape index (κ3) is 1.76. The van der Waals surface area contributed by atoms with Crippen molar-refractivity contribution in [2.24, 2.45) is 0 Å². The molecule has 2 nitrogen and oxygen atoms in total. The number of para-hydroxylation sites is 4. The largest absolute Gasteiger partial charge is 0.551 e. The third-order valence-electron chi connectivity index (χ3n) is 5.84. The fourth-order valence-corrected chi connectivity index (χ4v) is 5.88. The summed E-state index contributed by atoms with van der Waals surface area (Å²) in [5.41, 5.74) is 6.37. The minimum atomic E-state index is -0.111. The standard InChI is InChI=1S/C24H14BNOS/c1-2-7-15(8-3-1)27-25-18-11-4-9-16-17-10-5-13-20-23(17)26(22(16)18)24-19(25)12-6-14-21(24)28-20/h1-14H. The van der Waals surface area contributed by atoms with Crippen LogP contribution >= 0.6 is 11.8 Å². The first-order valence-corrected chi connectivity index (χ1v) is 10.3. The molecule has 0 saturated carbocycles. The summed E-state index contributed by atoms with van der Waals surface area (Å²) in [5, 5.41) is 2.63. The van der Waals surface area contributed by atoms with Gasteiger partial charge in [0.15, 0.2) is 0 Å². The van der Waals surface area contributed by atoms with E-state index in [9.17, 15) is 0 Å². The van der Waals surface area contributed by atoms with Crippen molar-refractivity contribution in [1.82, 2.24) is 4.57 Å². The van der Waals surface area contributed by atoms with E-state index in [1.807, 2.05) is 42.1 Å². The van der Waals surface area contributed by atoms with Gasteiger partial charge in [-0.2, -0.15) is 0 Å². The highest BCUT2D eigenvalue weighted by Crippen LogP contribution is 2.46. The van der Waals surface area contributed by atoms with Gasteiger partial charge in [-0.3, -0.25) is 0 Å². The van der Waals surface area contributed by atoms with E-state index in [4.69, 9.17) is 4.65 Å². The summed E-state index contributed by atoms with van der Waals surface area (Å²) < 4.78 is 9.05. The van der Waals surface area contributed by atoms with Gasteiger partial charge in [-0.05, 0) is 35.2 Å². The van der Waals surface area contributed by atoms with Crippen LogP contribution in [0.2, 0.25) is 0 Å². The molecule has 4 heteroatoms. The Bertz CT molecular complexity index is 1420. The van der Waals surface area contributed by atoms with Crippen molar-refractivity contribution in [2.45, 2.75) is 9.79 Å². The van der Waals surface area contributed by atoms with Crippen molar-refractivity contribution in [3.05, 3.63) is 84.9 Å². The molecule has 0 saturated heterocycles. The van der Waals surface area contributed by atoms with E-state index in [1.165, 1.54) is 48.2 Å². The monoisotopic (exact) mass is 375 g/mol. The molecule has 0 N–H and O–H groups in total. The molecule has 130 valence electrons. The van der Waals surface area contributed by atoms with Gasteiger partial charge in [0, 0.05) is 20.6 Å². The number of fused-ring (bicyclic) bond motifs is 1. The molecule has 2 aliphatic heterocycles. The molecule has 0 unspecified atom stereocenters. The lowest BCUT2D eigenvalue weighted by Gasteiger charge is -2.30. The molecule has 0 atom stereocenters. The molecular formula is C24H14BNOS. The molecule has 0 amide bonds. The second-order valence-electron chi connectivity index (χ2n) is 7.34. The molecule has 0 spiro atoms. The highest BCUT2D eigenvalue weighted by molar-refractivity contribution is 7.99. The van der Waals surface area contributed by atoms with Gasteiger partial charge in [0.1, 0.15) is 0 Å². The van der Waals surface area contributed by atoms with Crippen LogP contribution in [0, 0.1) is 0 Å². The fourth-order valence-electron chi connectivity index (χ4n) is 4.75. The summed E-state index contributed by atoms with van der Waals surface area (Å²) in [6, 6.07) is 30.0. The first kappa shape index (κ1) is 14.9. The summed E-state index contributed by atoms with van der Waals surface area (Å²) in [6.45, 7) is -0.111. The summed E-state index contributed by atoms with van der Waals surface area (Å²) >= 11 is 1.87. The van der Waals surface area contributed by atoms with Crippen molar-refractivity contribution in [3.8, 4) is 11.4 Å². The minimum absolute atomic E-state index is 0.111. The molecule has 0 bridgehead atoms. The predicted molar refractivity (Wildman–Crippen MR) is 117 cm³/mol. The molecule has 3 heterocycles. The summed E-state index contributed by atoms with van der Waals surface area (Å²) in [7, 11) is 0. The zero-order valence-corrected chi connectivity index (χ0v) is 15.7. The van der Waals surface area contributed by atoms with Crippen LogP contribution in [0.4, 0.5) is 0 Å². The molecule has 28 heavy (non-hydrogen) atoms. The number of benzene rings is 4. The van der Waals surface area contributed by atoms with Crippen LogP contribution in [-0.2, 0) is 0 Å². The summed E-state index contributed by atoms with van der Waals surface area (Å²) in [4.78, 5) is 2.62. The van der Waals surface area contributed by atoms with Gasteiger partial charge in [0.05, 0.1) is 22.5 Å². The summed E-state index contributed by atoms with van der Waals surface area (Å²) in [5.74, 6) is 0.899. The van der Waals surface area contributed by atoms with Crippen molar-refractivity contribution in [2.75, 3.05) is 0 Å². The van der Waals surface area contributed by atoms with Gasteiger partial charge in [-0.1, -0.05) is 72.4 Å². The van der Waals surface area contributed by atoms with E-state index in [2.05, 4.69) is 59.2 Å². The van der Waals surface area contributed by atoms with Gasteiger partial charge < -0.3 is 9.22 Å². The number of hydrogen-bond donors (Lipinski definition) is 0. The molecule has 2 aliphatic rings. The molecular weight excluding hydrogens is 361 g/mol. The topological polar surface area (TPSA) is 14.2 Å². The van der Waals surface area contributed by atoms with Gasteiger partial charge in [-0.25, -0.2) is 0 Å². The van der Waals surface area contributed by atoms with Gasteiger partial charge in [0.2, 0.25) is 0 Å². The second-order valence-corrected chi connectivity index (χ2v) is 8.42. The zero-order chi connectivity index (χ0) is 18.2. The van der Waals surface area contributed by atoms with E-state index in [1.54, 1.807) is 0 Å². The number of hydrogen-bond acceptors (Lipinski definition) is 2. The van der Waals surface area contributed by atoms with Crippen LogP contribution in [-0.4, -0.2) is 11.5 Å². The molecule has 0 aliphatic carbocycles. The number of nitrogens with zero attached hydrogens (tertiary/aromatic N) is 1. The van der Waals surface area contributed by atoms with Crippen LogP contribution in [0.25, 0.3) is 27.5 Å². The fraction of sp³-hybridized carbons (Fsp3) is 0. The lowest BCUT2D eigenvalue weighted by atomic mass is 9.53. The molecule has 5 aromatic rings. The Morgan fingerprint density at radius 1 is 0.643 bits per heavy atom. The van der Waals surface area contributed by atoms with Crippen LogP contribution in [0.15, 0.2) is 94.7 Å². The average molecular weight is 375 g/mol. The van der Waals surface area contributed by atoms with Gasteiger partial charge in [0.25, 0.3) is 0 Å². The molecule has 0 fully saturated rings. The maximum Gasteiger partial charge on any atom is 0.430 e. The van der Waals surface area contributed by atoms with Crippen molar-refractivity contribution in [3.63, 3.8) is 0 Å². The molecule has 4 aromatic carbocycles. The van der Waals surface area contributed by atoms with Crippen LogP contribution in [0.5, 0.6) is 5.75 Å². The maximum absolute atomic E-state index is 6.58. The van der Waals surface area contributed by atoms with Crippen molar-refractivity contribution < 1.29 is 4.65 Å². The highest BCUT2D eigenvalue weighted by Gasteiger charge is 2.38. The summed E-state index contributed by atoms with van der Waals surface area (Å²) in [6.07, 6.45) is 0. The third-order valence-corrected chi connectivity index (χ3v) is 6.94. The Kier molecular flexibility index (Phi) is 2.79. The molecule has 0 radical (unpaired) electrons. The molecule has 1 aromatic heterocycles. The van der Waals surface area contributed by atoms with E-state index < -0.39 is 0 Å². The Morgan fingerprint density at radius 2 is 1.36 bits per heavy atom. The van der Waals surface area contributed by atoms with E-state index in [0.717, 1.165) is 5.75 Å². The van der Waals surface area contributed by atoms with Gasteiger partial charge >= 0.3 is 6.92 Å². The van der Waals surface area contributed by atoms with E-state index in [-0.39, 0.29) is 6.92 Å². The first-order chi connectivity index (χ1) is 13.9. The average Bonchev–Trinajstić information content (AvgIpc) is 3.09. The SMILES string of the molecule is c1ccc(OB2c3cccc4c3-n3c5c(cccc5c5cccc2c53)S4)cc1. The van der Waals surface area contributed by atoms with Crippen molar-refractivity contribution >= 4 is 51.4 Å². The first-order valence-electron chi connectivity index (χ1n) is 9.49. The Balaban J connectivity index is 1.64. The van der Waals surface area contributed by atoms with Crippen LogP contribution < -0.4 is 15.6 Å². The Labute approximate surface area is 166 Å². The lowest BCUT2D eigenvalue weighted by Crippen LogP contribution is -2.52. The number of aromatic nitrogens is 1. The quantitative estimate of drug-likeness (QED) is 0.406. The van der Waals surface area contributed by atoms with Crippen LogP contribution in [0.3, 0.4) is 0 Å². The zero-order valence-electron chi connectivity index (χ0n) is 14.9. The Morgan fingerprint density at radius 3 is 2.25 bits per heavy atom. The van der Waals surface area contributed by atoms with E-state index in [0.29, 0.717) is 0 Å². The minimum Gasteiger partial charge on any atom is -0.551 e. The lowest BCUT2D eigenvalue weighted by molar-refractivity contribution is 0.591. The number of rotatable bonds is 2. The Hall–Kier alpha value is -3.11. The molecule has 7 rings (SSSR count). The smallest absolute Gasteiger partial charge is 0.430 e. The normalized spacial score (nSPS) is 13.5. The van der Waals surface area contributed by atoms with Crippen molar-refractivity contribution in [1.29, 1.82) is 0 Å². The highest BCUT2D eigenvalue weighted by atomic mass is 32.2. The van der Waals surface area contributed by atoms with Crippen LogP contribution in [0.1, 0.15) is 0 Å².